The van der Waals surface area contributed by atoms with Crippen molar-refractivity contribution in [2.75, 3.05) is 20.7 Å². The molecule has 0 saturated carbocycles. The Labute approximate surface area is 146 Å². The summed E-state index contributed by atoms with van der Waals surface area (Å²) in [6.07, 6.45) is 0.571. The zero-order valence-electron chi connectivity index (χ0n) is 14.4. The van der Waals surface area contributed by atoms with Crippen LogP contribution < -0.4 is 10.6 Å². The molecule has 0 aliphatic carbocycles. The molecule has 0 spiro atoms. The van der Waals surface area contributed by atoms with Gasteiger partial charge in [0.15, 0.2) is 5.96 Å². The minimum atomic E-state index is -0.356. The zero-order valence-corrected chi connectivity index (χ0v) is 14.4. The molecule has 2 N–H and O–H groups in total. The summed E-state index contributed by atoms with van der Waals surface area (Å²) in [6, 6.07) is 13.9. The first-order chi connectivity index (χ1) is 12.1. The standard InChI is InChI=1S/C19H22FN3O2/c1-21-19(22-12-11-15-5-3-4-6-17(15)20)23-13-14-7-9-16(10-8-14)18(24)25-2/h3-10H,11-13H2,1-2H3,(H2,21,22,23). The van der Waals surface area contributed by atoms with Crippen molar-refractivity contribution < 1.29 is 13.9 Å². The molecule has 0 aliphatic rings. The van der Waals surface area contributed by atoms with Crippen LogP contribution in [0.1, 0.15) is 21.5 Å². The summed E-state index contributed by atoms with van der Waals surface area (Å²) in [5.74, 6) is 0.0801. The number of hydrogen-bond donors (Lipinski definition) is 2. The zero-order chi connectivity index (χ0) is 18.1. The van der Waals surface area contributed by atoms with E-state index >= 15 is 0 Å². The van der Waals surface area contributed by atoms with Crippen molar-refractivity contribution in [1.29, 1.82) is 0 Å². The number of halogens is 1. The van der Waals surface area contributed by atoms with Crippen molar-refractivity contribution in [2.24, 2.45) is 4.99 Å². The van der Waals surface area contributed by atoms with E-state index in [0.717, 1.165) is 5.56 Å². The molecular weight excluding hydrogens is 321 g/mol. The molecule has 2 rings (SSSR count). The third kappa shape index (κ3) is 5.60. The normalized spacial score (nSPS) is 11.1. The van der Waals surface area contributed by atoms with Crippen molar-refractivity contribution in [3.8, 4) is 0 Å². The van der Waals surface area contributed by atoms with Gasteiger partial charge in [-0.3, -0.25) is 4.99 Å². The molecule has 0 unspecified atom stereocenters. The Kier molecular flexibility index (Phi) is 6.95. The fourth-order valence-corrected chi connectivity index (χ4v) is 2.30. The van der Waals surface area contributed by atoms with Gasteiger partial charge in [-0.2, -0.15) is 0 Å². The Balaban J connectivity index is 1.80. The topological polar surface area (TPSA) is 62.7 Å². The third-order valence-electron chi connectivity index (χ3n) is 3.70. The average Bonchev–Trinajstić information content (AvgIpc) is 2.65. The van der Waals surface area contributed by atoms with E-state index in [-0.39, 0.29) is 11.8 Å². The molecule has 0 aliphatic heterocycles. The second kappa shape index (κ2) is 9.42. The van der Waals surface area contributed by atoms with Crippen LogP contribution >= 0.6 is 0 Å². The van der Waals surface area contributed by atoms with Gasteiger partial charge in [-0.25, -0.2) is 9.18 Å². The van der Waals surface area contributed by atoms with E-state index in [0.29, 0.717) is 36.6 Å². The molecule has 132 valence electrons. The van der Waals surface area contributed by atoms with Crippen molar-refractivity contribution in [2.45, 2.75) is 13.0 Å². The first kappa shape index (κ1) is 18.4. The monoisotopic (exact) mass is 343 g/mol. The lowest BCUT2D eigenvalue weighted by Gasteiger charge is -2.12. The minimum absolute atomic E-state index is 0.196. The summed E-state index contributed by atoms with van der Waals surface area (Å²) in [5, 5.41) is 6.33. The summed E-state index contributed by atoms with van der Waals surface area (Å²) in [5.41, 5.74) is 2.19. The van der Waals surface area contributed by atoms with Crippen LogP contribution in [0.15, 0.2) is 53.5 Å². The minimum Gasteiger partial charge on any atom is -0.465 e. The summed E-state index contributed by atoms with van der Waals surface area (Å²) >= 11 is 0. The lowest BCUT2D eigenvalue weighted by Crippen LogP contribution is -2.37. The highest BCUT2D eigenvalue weighted by atomic mass is 19.1. The van der Waals surface area contributed by atoms with E-state index in [9.17, 15) is 9.18 Å². The molecule has 2 aromatic carbocycles. The van der Waals surface area contributed by atoms with Crippen LogP contribution in [0, 0.1) is 5.82 Å². The largest absolute Gasteiger partial charge is 0.465 e. The number of methoxy groups -OCH3 is 1. The first-order valence-corrected chi connectivity index (χ1v) is 7.99. The molecule has 2 aromatic rings. The molecule has 0 bridgehead atoms. The number of aliphatic imine (C=N–C) groups is 1. The number of rotatable bonds is 6. The Morgan fingerprint density at radius 2 is 1.84 bits per heavy atom. The maximum atomic E-state index is 13.6. The van der Waals surface area contributed by atoms with Crippen molar-refractivity contribution in [3.05, 3.63) is 71.0 Å². The maximum absolute atomic E-state index is 13.6. The number of carbonyl (C=O) groups excluding carboxylic acids is 1. The molecule has 0 atom stereocenters. The van der Waals surface area contributed by atoms with Crippen LogP contribution in [0.5, 0.6) is 0 Å². The maximum Gasteiger partial charge on any atom is 0.337 e. The third-order valence-corrected chi connectivity index (χ3v) is 3.70. The number of esters is 1. The highest BCUT2D eigenvalue weighted by molar-refractivity contribution is 5.89. The Bertz CT molecular complexity index is 730. The van der Waals surface area contributed by atoms with Crippen LogP contribution in [0.4, 0.5) is 4.39 Å². The predicted molar refractivity (Wildman–Crippen MR) is 96.1 cm³/mol. The van der Waals surface area contributed by atoms with Gasteiger partial charge in [-0.1, -0.05) is 30.3 Å². The molecule has 0 saturated heterocycles. The van der Waals surface area contributed by atoms with E-state index in [2.05, 4.69) is 20.4 Å². The van der Waals surface area contributed by atoms with E-state index in [1.54, 1.807) is 31.3 Å². The van der Waals surface area contributed by atoms with Crippen LogP contribution in [0.3, 0.4) is 0 Å². The molecule has 6 heteroatoms. The molecule has 0 heterocycles. The molecule has 0 amide bonds. The molecule has 25 heavy (non-hydrogen) atoms. The molecule has 5 nitrogen and oxygen atoms in total. The quantitative estimate of drug-likeness (QED) is 0.481. The number of nitrogens with zero attached hydrogens (tertiary/aromatic N) is 1. The highest BCUT2D eigenvalue weighted by Crippen LogP contribution is 2.07. The fourth-order valence-electron chi connectivity index (χ4n) is 2.30. The van der Waals surface area contributed by atoms with Crippen LogP contribution in [0.2, 0.25) is 0 Å². The van der Waals surface area contributed by atoms with E-state index in [1.807, 2.05) is 18.2 Å². The van der Waals surface area contributed by atoms with Gasteiger partial charge in [0.05, 0.1) is 12.7 Å². The van der Waals surface area contributed by atoms with Gasteiger partial charge >= 0.3 is 5.97 Å². The van der Waals surface area contributed by atoms with Crippen LogP contribution in [0.25, 0.3) is 0 Å². The second-order valence-electron chi connectivity index (χ2n) is 5.38. The average molecular weight is 343 g/mol. The summed E-state index contributed by atoms with van der Waals surface area (Å²) in [6.45, 7) is 1.13. The summed E-state index contributed by atoms with van der Waals surface area (Å²) < 4.78 is 18.2. The molecule has 0 aromatic heterocycles. The summed E-state index contributed by atoms with van der Waals surface area (Å²) in [4.78, 5) is 15.5. The van der Waals surface area contributed by atoms with Gasteiger partial charge in [-0.05, 0) is 35.7 Å². The number of carbonyl (C=O) groups is 1. The van der Waals surface area contributed by atoms with Crippen molar-refractivity contribution in [1.82, 2.24) is 10.6 Å². The SMILES string of the molecule is CN=C(NCCc1ccccc1F)NCc1ccc(C(=O)OC)cc1. The Morgan fingerprint density at radius 1 is 1.12 bits per heavy atom. The van der Waals surface area contributed by atoms with Gasteiger partial charge in [0.1, 0.15) is 5.82 Å². The van der Waals surface area contributed by atoms with Gasteiger partial charge in [0.25, 0.3) is 0 Å². The van der Waals surface area contributed by atoms with E-state index < -0.39 is 0 Å². The van der Waals surface area contributed by atoms with Crippen LogP contribution in [-0.4, -0.2) is 32.6 Å². The van der Waals surface area contributed by atoms with Crippen molar-refractivity contribution >= 4 is 11.9 Å². The van der Waals surface area contributed by atoms with Crippen LogP contribution in [-0.2, 0) is 17.7 Å². The predicted octanol–water partition coefficient (Wildman–Crippen LogP) is 2.52. The number of benzene rings is 2. The lowest BCUT2D eigenvalue weighted by atomic mass is 10.1. The summed E-state index contributed by atoms with van der Waals surface area (Å²) in [7, 11) is 3.04. The van der Waals surface area contributed by atoms with E-state index in [1.165, 1.54) is 13.2 Å². The smallest absolute Gasteiger partial charge is 0.337 e. The Hall–Kier alpha value is -2.89. The lowest BCUT2D eigenvalue weighted by molar-refractivity contribution is 0.0600. The number of ether oxygens (including phenoxy) is 1. The molecular formula is C19H22FN3O2. The molecule has 0 radical (unpaired) electrons. The number of guanidine groups is 1. The van der Waals surface area contributed by atoms with Gasteiger partial charge in [-0.15, -0.1) is 0 Å². The first-order valence-electron chi connectivity index (χ1n) is 7.99. The van der Waals surface area contributed by atoms with Gasteiger partial charge in [0, 0.05) is 20.1 Å². The van der Waals surface area contributed by atoms with E-state index in [4.69, 9.17) is 0 Å². The fraction of sp³-hybridized carbons (Fsp3) is 0.263. The Morgan fingerprint density at radius 3 is 2.48 bits per heavy atom. The highest BCUT2D eigenvalue weighted by Gasteiger charge is 2.05. The molecule has 0 fully saturated rings. The second-order valence-corrected chi connectivity index (χ2v) is 5.38. The number of hydrogen-bond acceptors (Lipinski definition) is 3. The van der Waals surface area contributed by atoms with Gasteiger partial charge < -0.3 is 15.4 Å². The number of nitrogens with one attached hydrogen (secondary N) is 2. The van der Waals surface area contributed by atoms with Gasteiger partial charge in [0.2, 0.25) is 0 Å². The van der Waals surface area contributed by atoms with Crippen molar-refractivity contribution in [3.63, 3.8) is 0 Å².